The lowest BCUT2D eigenvalue weighted by molar-refractivity contribution is -0.110. The van der Waals surface area contributed by atoms with E-state index in [9.17, 15) is 9.59 Å². The molecule has 0 spiro atoms. The van der Waals surface area contributed by atoms with Crippen LogP contribution in [0.4, 0.5) is 0 Å². The largest absolute Gasteiger partial charge is 0.478 e. The third-order valence-electron chi connectivity index (χ3n) is 3.06. The van der Waals surface area contributed by atoms with Gasteiger partial charge in [0.25, 0.3) is 0 Å². The molecule has 4 heteroatoms. The standard InChI is InChI=1S/C17H12O4/c18-12-6-3-4-11-20-17(19)14-9-2-1-8-13(14)16-15(21-16)10-5-7-12/h1-11,16H/b6-3-,7-5-,11-4-,15-10+. The Hall–Kier alpha value is -2.88. The van der Waals surface area contributed by atoms with Crippen molar-refractivity contribution in [1.82, 2.24) is 0 Å². The van der Waals surface area contributed by atoms with Crippen molar-refractivity contribution in [2.45, 2.75) is 6.10 Å². The first-order chi connectivity index (χ1) is 10.3. The number of fused-ring (bicyclic) bond motifs is 3. The van der Waals surface area contributed by atoms with E-state index in [-0.39, 0.29) is 11.9 Å². The minimum atomic E-state index is -0.455. The number of ether oxygens (including phenoxy) is 2. The smallest absolute Gasteiger partial charge is 0.343 e. The number of cyclic esters (lactones) is 1. The zero-order valence-electron chi connectivity index (χ0n) is 11.1. The van der Waals surface area contributed by atoms with Crippen LogP contribution in [0.2, 0.25) is 0 Å². The van der Waals surface area contributed by atoms with Crippen LogP contribution in [0.5, 0.6) is 0 Å². The summed E-state index contributed by atoms with van der Waals surface area (Å²) >= 11 is 0. The lowest BCUT2D eigenvalue weighted by atomic mass is 10.0. The molecule has 0 aliphatic carbocycles. The Morgan fingerprint density at radius 3 is 2.67 bits per heavy atom. The van der Waals surface area contributed by atoms with Crippen LogP contribution in [0.25, 0.3) is 0 Å². The number of carbonyl (C=O) groups is 2. The predicted octanol–water partition coefficient (Wildman–Crippen LogP) is 3.01. The highest BCUT2D eigenvalue weighted by Gasteiger charge is 2.36. The Kier molecular flexibility index (Phi) is 3.51. The average molecular weight is 280 g/mol. The molecule has 2 aliphatic heterocycles. The van der Waals surface area contributed by atoms with E-state index in [0.717, 1.165) is 11.3 Å². The molecule has 2 heterocycles. The van der Waals surface area contributed by atoms with Crippen molar-refractivity contribution >= 4 is 11.8 Å². The summed E-state index contributed by atoms with van der Waals surface area (Å²) in [6.07, 6.45) is 10.2. The molecule has 1 saturated heterocycles. The van der Waals surface area contributed by atoms with Crippen molar-refractivity contribution in [2.75, 3.05) is 0 Å². The van der Waals surface area contributed by atoms with Crippen LogP contribution < -0.4 is 0 Å². The van der Waals surface area contributed by atoms with Crippen molar-refractivity contribution in [2.24, 2.45) is 0 Å². The van der Waals surface area contributed by atoms with Crippen LogP contribution in [0, 0.1) is 0 Å². The Balaban J connectivity index is 1.97. The minimum absolute atomic E-state index is 0.155. The summed E-state index contributed by atoms with van der Waals surface area (Å²) in [5, 5.41) is 0. The molecule has 1 aromatic carbocycles. The van der Waals surface area contributed by atoms with Crippen LogP contribution in [-0.2, 0) is 14.3 Å². The Morgan fingerprint density at radius 2 is 1.76 bits per heavy atom. The zero-order valence-corrected chi connectivity index (χ0v) is 11.1. The SMILES string of the molecule is O=C1/C=C\C=C/OC(=O)c2ccccc2C2O/C2=C/C=C\1. The van der Waals surface area contributed by atoms with Crippen molar-refractivity contribution < 1.29 is 19.1 Å². The fraction of sp³-hybridized carbons (Fsp3) is 0.0588. The third-order valence-corrected chi connectivity index (χ3v) is 3.06. The second kappa shape index (κ2) is 5.63. The highest BCUT2D eigenvalue weighted by Crippen LogP contribution is 2.44. The summed E-state index contributed by atoms with van der Waals surface area (Å²) in [6.45, 7) is 0. The topological polar surface area (TPSA) is 55.9 Å². The molecule has 0 bridgehead atoms. The second-order valence-corrected chi connectivity index (χ2v) is 4.51. The van der Waals surface area contributed by atoms with Crippen LogP contribution in [0.15, 0.2) is 72.7 Å². The van der Waals surface area contributed by atoms with E-state index in [4.69, 9.17) is 9.47 Å². The molecule has 104 valence electrons. The number of rotatable bonds is 0. The van der Waals surface area contributed by atoms with Gasteiger partial charge in [0.1, 0.15) is 5.76 Å². The normalized spacial score (nSPS) is 27.6. The maximum absolute atomic E-state index is 12.1. The fourth-order valence-electron chi connectivity index (χ4n) is 2.01. The average Bonchev–Trinajstić information content (AvgIpc) is 3.25. The number of hydrogen-bond donors (Lipinski definition) is 0. The van der Waals surface area contributed by atoms with Gasteiger partial charge in [-0.2, -0.15) is 0 Å². The summed E-state index contributed by atoms with van der Waals surface area (Å²) < 4.78 is 10.5. The summed E-state index contributed by atoms with van der Waals surface area (Å²) in [7, 11) is 0. The molecule has 0 amide bonds. The highest BCUT2D eigenvalue weighted by molar-refractivity contribution is 5.99. The Morgan fingerprint density at radius 1 is 0.952 bits per heavy atom. The van der Waals surface area contributed by atoms with E-state index >= 15 is 0 Å². The van der Waals surface area contributed by atoms with E-state index in [1.807, 2.05) is 12.1 Å². The second-order valence-electron chi connectivity index (χ2n) is 4.51. The van der Waals surface area contributed by atoms with Gasteiger partial charge in [-0.1, -0.05) is 30.4 Å². The number of esters is 1. The lowest BCUT2D eigenvalue weighted by Gasteiger charge is -2.03. The van der Waals surface area contributed by atoms with Gasteiger partial charge in [-0.25, -0.2) is 4.79 Å². The number of benzene rings is 1. The maximum atomic E-state index is 12.1. The first-order valence-corrected chi connectivity index (χ1v) is 6.48. The van der Waals surface area contributed by atoms with Gasteiger partial charge >= 0.3 is 5.97 Å². The van der Waals surface area contributed by atoms with E-state index in [1.54, 1.807) is 24.3 Å². The molecule has 0 radical (unpaired) electrons. The van der Waals surface area contributed by atoms with Crippen LogP contribution >= 0.6 is 0 Å². The monoisotopic (exact) mass is 280 g/mol. The zero-order chi connectivity index (χ0) is 14.7. The summed E-state index contributed by atoms with van der Waals surface area (Å²) in [5.41, 5.74) is 1.23. The van der Waals surface area contributed by atoms with Gasteiger partial charge in [-0.05, 0) is 30.4 Å². The van der Waals surface area contributed by atoms with Crippen LogP contribution in [-0.4, -0.2) is 11.8 Å². The minimum Gasteiger partial charge on any atom is -0.478 e. The highest BCUT2D eigenvalue weighted by atomic mass is 16.6. The number of hydrogen-bond acceptors (Lipinski definition) is 4. The molecule has 1 aromatic rings. The quantitative estimate of drug-likeness (QED) is 0.541. The molecule has 1 fully saturated rings. The van der Waals surface area contributed by atoms with Crippen molar-refractivity contribution in [3.63, 3.8) is 0 Å². The molecule has 0 N–H and O–H groups in total. The number of allylic oxidation sites excluding steroid dienone is 6. The van der Waals surface area contributed by atoms with Gasteiger partial charge in [0.05, 0.1) is 11.8 Å². The van der Waals surface area contributed by atoms with E-state index in [1.165, 1.54) is 30.6 Å². The van der Waals surface area contributed by atoms with Crippen molar-refractivity contribution in [3.05, 3.63) is 83.9 Å². The molecule has 4 nitrogen and oxygen atoms in total. The molecule has 21 heavy (non-hydrogen) atoms. The van der Waals surface area contributed by atoms with Gasteiger partial charge in [0.15, 0.2) is 11.9 Å². The number of epoxide rings is 1. The Labute approximate surface area is 121 Å². The van der Waals surface area contributed by atoms with Gasteiger partial charge in [0, 0.05) is 5.56 Å². The van der Waals surface area contributed by atoms with E-state index < -0.39 is 5.97 Å². The fourth-order valence-corrected chi connectivity index (χ4v) is 2.01. The van der Waals surface area contributed by atoms with Crippen LogP contribution in [0.3, 0.4) is 0 Å². The summed E-state index contributed by atoms with van der Waals surface area (Å²) in [4.78, 5) is 23.5. The van der Waals surface area contributed by atoms with Gasteiger partial charge in [-0.3, -0.25) is 4.79 Å². The molecular formula is C17H12O4. The first kappa shape index (κ1) is 13.1. The third kappa shape index (κ3) is 3.00. The van der Waals surface area contributed by atoms with E-state index in [0.29, 0.717) is 5.56 Å². The molecule has 1 atom stereocenters. The van der Waals surface area contributed by atoms with Crippen molar-refractivity contribution in [3.8, 4) is 0 Å². The van der Waals surface area contributed by atoms with Crippen LogP contribution in [0.1, 0.15) is 22.0 Å². The molecule has 0 aromatic heterocycles. The molecule has 2 aliphatic rings. The van der Waals surface area contributed by atoms with E-state index in [2.05, 4.69) is 0 Å². The summed E-state index contributed by atoms with van der Waals surface area (Å²) in [5.74, 6) is 0.109. The number of carbonyl (C=O) groups excluding carboxylic acids is 2. The Bertz CT molecular complexity index is 707. The van der Waals surface area contributed by atoms with Gasteiger partial charge in [-0.15, -0.1) is 0 Å². The first-order valence-electron chi connectivity index (χ1n) is 6.48. The van der Waals surface area contributed by atoms with Gasteiger partial charge < -0.3 is 9.47 Å². The predicted molar refractivity (Wildman–Crippen MR) is 76.2 cm³/mol. The summed E-state index contributed by atoms with van der Waals surface area (Å²) in [6, 6.07) is 7.14. The molecule has 0 saturated carbocycles. The maximum Gasteiger partial charge on any atom is 0.343 e. The molecule has 1 unspecified atom stereocenters. The molecular weight excluding hydrogens is 268 g/mol. The molecule has 3 rings (SSSR count). The lowest BCUT2D eigenvalue weighted by Crippen LogP contribution is -2.04. The number of ketones is 1. The van der Waals surface area contributed by atoms with Gasteiger partial charge in [0.2, 0.25) is 0 Å². The van der Waals surface area contributed by atoms with Crippen molar-refractivity contribution in [1.29, 1.82) is 0 Å².